The quantitative estimate of drug-likeness (QED) is 0.732. The van der Waals surface area contributed by atoms with Crippen LogP contribution in [0.3, 0.4) is 0 Å². The number of aromatic nitrogens is 2. The molecule has 5 nitrogen and oxygen atoms in total. The van der Waals surface area contributed by atoms with E-state index in [2.05, 4.69) is 10.3 Å². The highest BCUT2D eigenvalue weighted by Gasteiger charge is 2.29. The number of hydrogen-bond acceptors (Lipinski definition) is 3. The van der Waals surface area contributed by atoms with Gasteiger partial charge in [-0.1, -0.05) is 12.1 Å². The fraction of sp³-hybridized carbons (Fsp3) is 0.111. The Hall–Kier alpha value is -3.29. The Labute approximate surface area is 145 Å². The second-order valence-corrected chi connectivity index (χ2v) is 5.82. The van der Waals surface area contributed by atoms with E-state index in [1.807, 2.05) is 0 Å². The molecule has 0 saturated heterocycles. The van der Waals surface area contributed by atoms with Crippen molar-refractivity contribution in [3.05, 3.63) is 65.4 Å². The number of imidazole rings is 1. The first-order chi connectivity index (χ1) is 12.5. The van der Waals surface area contributed by atoms with Gasteiger partial charge in [-0.15, -0.1) is 0 Å². The van der Waals surface area contributed by atoms with E-state index in [1.54, 1.807) is 6.07 Å². The number of rotatable bonds is 2. The van der Waals surface area contributed by atoms with Crippen LogP contribution < -0.4 is 5.32 Å². The number of aryl methyl sites for hydroxylation is 1. The number of amides is 1. The fourth-order valence-corrected chi connectivity index (χ4v) is 3.00. The van der Waals surface area contributed by atoms with E-state index in [9.17, 15) is 23.1 Å². The molecule has 0 bridgehead atoms. The normalized spacial score (nSPS) is 13.8. The lowest BCUT2D eigenvalue weighted by atomic mass is 10.1. The van der Waals surface area contributed by atoms with Crippen LogP contribution in [-0.2, 0) is 11.3 Å². The molecule has 132 valence electrons. The number of carbonyl (C=O) groups excluding carboxylic acids is 1. The summed E-state index contributed by atoms with van der Waals surface area (Å²) in [5.74, 6) is -3.86. The zero-order valence-corrected chi connectivity index (χ0v) is 13.3. The van der Waals surface area contributed by atoms with Crippen LogP contribution in [0, 0.1) is 17.5 Å². The van der Waals surface area contributed by atoms with Crippen LogP contribution in [-0.4, -0.2) is 20.6 Å². The van der Waals surface area contributed by atoms with Crippen LogP contribution in [0.4, 0.5) is 18.9 Å². The molecule has 1 amide bonds. The number of hydrogen-bond donors (Lipinski definition) is 2. The fourth-order valence-electron chi connectivity index (χ4n) is 3.00. The lowest BCUT2D eigenvalue weighted by Gasteiger charge is -2.18. The minimum absolute atomic E-state index is 0.00193. The summed E-state index contributed by atoms with van der Waals surface area (Å²) in [6.07, 6.45) is 0.109. The van der Waals surface area contributed by atoms with Gasteiger partial charge in [0.25, 0.3) is 5.91 Å². The predicted molar refractivity (Wildman–Crippen MR) is 88.8 cm³/mol. The first kappa shape index (κ1) is 16.2. The van der Waals surface area contributed by atoms with Gasteiger partial charge in [-0.3, -0.25) is 4.79 Å². The van der Waals surface area contributed by atoms with Gasteiger partial charge in [0.15, 0.2) is 11.6 Å². The maximum absolute atomic E-state index is 14.0. The molecule has 2 N–H and O–H groups in total. The van der Waals surface area contributed by atoms with Crippen LogP contribution in [0.2, 0.25) is 0 Å². The van der Waals surface area contributed by atoms with Crippen molar-refractivity contribution in [2.75, 3.05) is 5.32 Å². The molecular weight excluding hydrogens is 347 g/mol. The molecule has 1 aromatic heterocycles. The molecule has 0 unspecified atom stereocenters. The number of aliphatic hydroxyl groups is 1. The van der Waals surface area contributed by atoms with Crippen molar-refractivity contribution >= 4 is 28.2 Å². The van der Waals surface area contributed by atoms with Crippen LogP contribution in [0.25, 0.3) is 16.6 Å². The molecule has 1 aliphatic rings. The highest BCUT2D eigenvalue weighted by molar-refractivity contribution is 6.25. The lowest BCUT2D eigenvalue weighted by Crippen LogP contribution is -2.22. The Morgan fingerprint density at radius 3 is 2.65 bits per heavy atom. The molecule has 0 radical (unpaired) electrons. The zero-order valence-electron chi connectivity index (χ0n) is 13.3. The van der Waals surface area contributed by atoms with Crippen molar-refractivity contribution in [2.24, 2.45) is 0 Å². The number of benzene rings is 2. The molecule has 0 fully saturated rings. The smallest absolute Gasteiger partial charge is 0.262 e. The second-order valence-electron chi connectivity index (χ2n) is 5.82. The third-order valence-corrected chi connectivity index (χ3v) is 4.25. The highest BCUT2D eigenvalue weighted by atomic mass is 19.2. The van der Waals surface area contributed by atoms with E-state index >= 15 is 0 Å². The number of aliphatic hydroxyl groups excluding tert-OH is 1. The van der Waals surface area contributed by atoms with Crippen molar-refractivity contribution in [3.63, 3.8) is 0 Å². The Bertz CT molecular complexity index is 1090. The summed E-state index contributed by atoms with van der Waals surface area (Å²) in [6, 6.07) is 7.90. The minimum Gasteiger partial charge on any atom is -0.511 e. The predicted octanol–water partition coefficient (Wildman–Crippen LogP) is 3.77. The third kappa shape index (κ3) is 2.42. The summed E-state index contributed by atoms with van der Waals surface area (Å²) in [7, 11) is 0. The summed E-state index contributed by atoms with van der Waals surface area (Å²) in [6.45, 7) is 0.249. The van der Waals surface area contributed by atoms with Gasteiger partial charge < -0.3 is 15.0 Å². The van der Waals surface area contributed by atoms with Gasteiger partial charge in [-0.05, 0) is 24.3 Å². The van der Waals surface area contributed by atoms with Crippen molar-refractivity contribution in [1.29, 1.82) is 0 Å². The van der Waals surface area contributed by atoms with Gasteiger partial charge in [0.05, 0.1) is 11.2 Å². The molecule has 0 saturated carbocycles. The largest absolute Gasteiger partial charge is 0.511 e. The molecule has 26 heavy (non-hydrogen) atoms. The van der Waals surface area contributed by atoms with Gasteiger partial charge in [-0.2, -0.15) is 0 Å². The molecule has 1 aliphatic heterocycles. The molecule has 0 atom stereocenters. The monoisotopic (exact) mass is 359 g/mol. The van der Waals surface area contributed by atoms with Crippen molar-refractivity contribution in [1.82, 2.24) is 9.55 Å². The molecule has 3 aromatic rings. The number of anilines is 1. The molecule has 8 heteroatoms. The molecular formula is C18H12F3N3O2. The van der Waals surface area contributed by atoms with E-state index in [0.717, 1.165) is 6.07 Å². The van der Waals surface area contributed by atoms with E-state index in [1.165, 1.54) is 28.8 Å². The van der Waals surface area contributed by atoms with Crippen LogP contribution in [0.15, 0.2) is 42.2 Å². The first-order valence-electron chi connectivity index (χ1n) is 7.80. The molecule has 0 spiro atoms. The van der Waals surface area contributed by atoms with Crippen molar-refractivity contribution in [3.8, 4) is 0 Å². The summed E-state index contributed by atoms with van der Waals surface area (Å²) in [4.78, 5) is 16.6. The van der Waals surface area contributed by atoms with Crippen LogP contribution in [0.1, 0.15) is 12.2 Å². The topological polar surface area (TPSA) is 67.2 Å². The lowest BCUT2D eigenvalue weighted by molar-refractivity contribution is -0.111. The summed E-state index contributed by atoms with van der Waals surface area (Å²) < 4.78 is 42.8. The van der Waals surface area contributed by atoms with E-state index in [4.69, 9.17) is 0 Å². The zero-order chi connectivity index (χ0) is 18.4. The Balaban J connectivity index is 1.81. The van der Waals surface area contributed by atoms with Gasteiger partial charge in [0.2, 0.25) is 0 Å². The van der Waals surface area contributed by atoms with E-state index in [0.29, 0.717) is 5.52 Å². The molecule has 2 heterocycles. The van der Waals surface area contributed by atoms with E-state index in [-0.39, 0.29) is 41.3 Å². The molecule has 4 rings (SSSR count). The third-order valence-electron chi connectivity index (χ3n) is 4.25. The number of allylic oxidation sites excluding steroid dienone is 1. The van der Waals surface area contributed by atoms with E-state index < -0.39 is 23.4 Å². The first-order valence-corrected chi connectivity index (χ1v) is 7.80. The summed E-state index contributed by atoms with van der Waals surface area (Å²) in [5, 5.41) is 12.6. The van der Waals surface area contributed by atoms with Crippen LogP contribution >= 0.6 is 0 Å². The number of carbonyl (C=O) groups is 1. The molecule has 0 aliphatic carbocycles. The SMILES string of the molecule is O=C(Nc1ccccc1F)C1=C(O)CCn2c1nc1c(F)c(F)ccc12. The number of fused-ring (bicyclic) bond motifs is 3. The van der Waals surface area contributed by atoms with Crippen molar-refractivity contribution in [2.45, 2.75) is 13.0 Å². The standard InChI is InChI=1S/C18H12F3N3O2/c19-9-3-1-2-4-11(9)22-18(26)14-13(25)7-8-24-12-6-5-10(20)15(21)16(12)23-17(14)24/h1-6,25H,7-8H2,(H,22,26). The van der Waals surface area contributed by atoms with Crippen LogP contribution in [0.5, 0.6) is 0 Å². The summed E-state index contributed by atoms with van der Waals surface area (Å²) >= 11 is 0. The van der Waals surface area contributed by atoms with Gasteiger partial charge in [0, 0.05) is 13.0 Å². The van der Waals surface area contributed by atoms with Gasteiger partial charge >= 0.3 is 0 Å². The second kappa shape index (κ2) is 5.91. The average molecular weight is 359 g/mol. The van der Waals surface area contributed by atoms with Crippen molar-refractivity contribution < 1.29 is 23.1 Å². The molecule has 2 aromatic carbocycles. The highest BCUT2D eigenvalue weighted by Crippen LogP contribution is 2.32. The van der Waals surface area contributed by atoms with Gasteiger partial charge in [0.1, 0.15) is 28.5 Å². The number of nitrogens with zero attached hydrogens (tertiary/aromatic N) is 2. The Morgan fingerprint density at radius 2 is 1.88 bits per heavy atom. The van der Waals surface area contributed by atoms with Gasteiger partial charge in [-0.25, -0.2) is 18.2 Å². The Morgan fingerprint density at radius 1 is 1.12 bits per heavy atom. The maximum Gasteiger partial charge on any atom is 0.262 e. The summed E-state index contributed by atoms with van der Waals surface area (Å²) in [5.41, 5.74) is -0.188. The number of halogens is 3. The minimum atomic E-state index is -1.13. The number of para-hydroxylation sites is 1. The average Bonchev–Trinajstić information content (AvgIpc) is 2.99. The Kier molecular flexibility index (Phi) is 3.68. The maximum atomic E-state index is 14.0. The number of nitrogens with one attached hydrogen (secondary N) is 1.